The molecule has 0 aliphatic heterocycles. The molecule has 3 N–H and O–H groups in total. The average molecular weight is 299 g/mol. The summed E-state index contributed by atoms with van der Waals surface area (Å²) < 4.78 is 5.09. The van der Waals surface area contributed by atoms with Crippen LogP contribution in [0.25, 0.3) is 0 Å². The molecular weight excluding hydrogens is 280 g/mol. The number of halogens is 1. The molecule has 0 spiro atoms. The van der Waals surface area contributed by atoms with Crippen LogP contribution in [0.3, 0.4) is 0 Å². The fourth-order valence-electron chi connectivity index (χ4n) is 1.42. The largest absolute Gasteiger partial charge is 0.449 e. The average Bonchev–Trinajstić information content (AvgIpc) is 2.30. The molecular formula is C14H19ClN2O3. The first-order valence-electron chi connectivity index (χ1n) is 6.18. The summed E-state index contributed by atoms with van der Waals surface area (Å²) in [6.45, 7) is 7.05. The van der Waals surface area contributed by atoms with Gasteiger partial charge in [0.2, 0.25) is 0 Å². The molecule has 20 heavy (non-hydrogen) atoms. The Morgan fingerprint density at radius 2 is 1.95 bits per heavy atom. The fourth-order valence-corrected chi connectivity index (χ4v) is 1.54. The lowest BCUT2D eigenvalue weighted by molar-refractivity contribution is -0.130. The number of esters is 1. The normalized spacial score (nSPS) is 12.7. The van der Waals surface area contributed by atoms with Crippen LogP contribution in [0.5, 0.6) is 0 Å². The number of carbonyl (C=O) groups is 2. The van der Waals surface area contributed by atoms with Crippen molar-refractivity contribution in [2.45, 2.75) is 39.3 Å². The van der Waals surface area contributed by atoms with E-state index in [0.29, 0.717) is 5.02 Å². The lowest BCUT2D eigenvalue weighted by Crippen LogP contribution is -2.46. The van der Waals surface area contributed by atoms with Crippen LogP contribution in [0.4, 0.5) is 5.69 Å². The monoisotopic (exact) mass is 298 g/mol. The maximum absolute atomic E-state index is 11.9. The third-order valence-electron chi connectivity index (χ3n) is 2.38. The van der Waals surface area contributed by atoms with Crippen molar-refractivity contribution in [3.63, 3.8) is 0 Å². The van der Waals surface area contributed by atoms with Gasteiger partial charge in [0.1, 0.15) is 0 Å². The number of nitrogens with two attached hydrogens (primary N) is 1. The molecule has 0 aliphatic carbocycles. The Morgan fingerprint density at radius 1 is 1.35 bits per heavy atom. The quantitative estimate of drug-likeness (QED) is 0.663. The van der Waals surface area contributed by atoms with E-state index in [4.69, 9.17) is 22.1 Å². The minimum absolute atomic E-state index is 0.252. The first kappa shape index (κ1) is 16.3. The Morgan fingerprint density at radius 3 is 2.45 bits per heavy atom. The zero-order chi connectivity index (χ0) is 15.5. The van der Waals surface area contributed by atoms with E-state index < -0.39 is 12.1 Å². The molecule has 1 atom stereocenters. The number of rotatable bonds is 3. The van der Waals surface area contributed by atoms with Gasteiger partial charge in [-0.2, -0.15) is 0 Å². The molecule has 1 amide bonds. The number of hydrogen-bond acceptors (Lipinski definition) is 4. The molecule has 110 valence electrons. The zero-order valence-electron chi connectivity index (χ0n) is 12.0. The predicted molar refractivity (Wildman–Crippen MR) is 78.6 cm³/mol. The van der Waals surface area contributed by atoms with E-state index in [9.17, 15) is 9.59 Å². The number of amides is 1. The molecule has 1 aromatic carbocycles. The van der Waals surface area contributed by atoms with Gasteiger partial charge in [0, 0.05) is 5.54 Å². The van der Waals surface area contributed by atoms with E-state index in [1.807, 2.05) is 20.8 Å². The standard InChI is InChI=1S/C14H19ClN2O3/c1-8(12(18)17-14(2,3)4)20-13(19)9-5-6-10(15)11(16)7-9/h5-8H,16H2,1-4H3,(H,17,18)/t8-/m0/s1. The maximum atomic E-state index is 11.9. The summed E-state index contributed by atoms with van der Waals surface area (Å²) in [5.74, 6) is -0.974. The van der Waals surface area contributed by atoms with E-state index in [0.717, 1.165) is 0 Å². The van der Waals surface area contributed by atoms with E-state index in [1.54, 1.807) is 0 Å². The van der Waals surface area contributed by atoms with Gasteiger partial charge in [-0.3, -0.25) is 4.79 Å². The van der Waals surface area contributed by atoms with Crippen LogP contribution in [0, 0.1) is 0 Å². The molecule has 1 rings (SSSR count). The molecule has 6 heteroatoms. The third kappa shape index (κ3) is 4.74. The highest BCUT2D eigenvalue weighted by molar-refractivity contribution is 6.33. The minimum atomic E-state index is -0.890. The molecule has 5 nitrogen and oxygen atoms in total. The van der Waals surface area contributed by atoms with Crippen LogP contribution in [-0.4, -0.2) is 23.5 Å². The number of benzene rings is 1. The van der Waals surface area contributed by atoms with Crippen molar-refractivity contribution in [3.05, 3.63) is 28.8 Å². The molecule has 0 aromatic heterocycles. The van der Waals surface area contributed by atoms with Crippen molar-refractivity contribution < 1.29 is 14.3 Å². The first-order valence-corrected chi connectivity index (χ1v) is 6.56. The lowest BCUT2D eigenvalue weighted by atomic mass is 10.1. The van der Waals surface area contributed by atoms with Gasteiger partial charge in [-0.05, 0) is 45.9 Å². The second-order valence-electron chi connectivity index (χ2n) is 5.52. The smallest absolute Gasteiger partial charge is 0.338 e. The lowest BCUT2D eigenvalue weighted by Gasteiger charge is -2.23. The number of ether oxygens (including phenoxy) is 1. The second-order valence-corrected chi connectivity index (χ2v) is 5.93. The minimum Gasteiger partial charge on any atom is -0.449 e. The Kier molecular flexibility index (Phi) is 5.00. The Balaban J connectivity index is 2.70. The van der Waals surface area contributed by atoms with Gasteiger partial charge in [0.25, 0.3) is 5.91 Å². The summed E-state index contributed by atoms with van der Waals surface area (Å²) in [6.07, 6.45) is -0.890. The van der Waals surface area contributed by atoms with Crippen LogP contribution < -0.4 is 11.1 Å². The summed E-state index contributed by atoms with van der Waals surface area (Å²) >= 11 is 5.77. The van der Waals surface area contributed by atoms with Gasteiger partial charge >= 0.3 is 5.97 Å². The number of nitrogen functional groups attached to an aromatic ring is 1. The molecule has 0 saturated heterocycles. The summed E-state index contributed by atoms with van der Waals surface area (Å²) in [4.78, 5) is 23.7. The number of anilines is 1. The SMILES string of the molecule is C[C@H](OC(=O)c1ccc(Cl)c(N)c1)C(=O)NC(C)(C)C. The van der Waals surface area contributed by atoms with Crippen molar-refractivity contribution in [2.75, 3.05) is 5.73 Å². The predicted octanol–water partition coefficient (Wildman–Crippen LogP) is 2.38. The van der Waals surface area contributed by atoms with E-state index in [2.05, 4.69) is 5.32 Å². The van der Waals surface area contributed by atoms with Crippen molar-refractivity contribution in [2.24, 2.45) is 0 Å². The van der Waals surface area contributed by atoms with E-state index in [1.165, 1.54) is 25.1 Å². The Hall–Kier alpha value is -1.75. The molecule has 1 aromatic rings. The number of nitrogens with one attached hydrogen (secondary N) is 1. The molecule has 0 unspecified atom stereocenters. The second kappa shape index (κ2) is 6.13. The van der Waals surface area contributed by atoms with Crippen LogP contribution in [0.1, 0.15) is 38.1 Å². The number of hydrogen-bond donors (Lipinski definition) is 2. The van der Waals surface area contributed by atoms with Crippen LogP contribution in [0.15, 0.2) is 18.2 Å². The molecule has 0 radical (unpaired) electrons. The summed E-state index contributed by atoms with van der Waals surface area (Å²) in [5, 5.41) is 3.10. The highest BCUT2D eigenvalue weighted by atomic mass is 35.5. The highest BCUT2D eigenvalue weighted by Crippen LogP contribution is 2.20. The zero-order valence-corrected chi connectivity index (χ0v) is 12.7. The molecule has 0 bridgehead atoms. The van der Waals surface area contributed by atoms with Crippen LogP contribution >= 0.6 is 11.6 Å². The van der Waals surface area contributed by atoms with E-state index in [-0.39, 0.29) is 22.7 Å². The third-order valence-corrected chi connectivity index (χ3v) is 2.73. The van der Waals surface area contributed by atoms with Gasteiger partial charge in [-0.1, -0.05) is 11.6 Å². The van der Waals surface area contributed by atoms with E-state index >= 15 is 0 Å². The van der Waals surface area contributed by atoms with Gasteiger partial charge in [-0.15, -0.1) is 0 Å². The topological polar surface area (TPSA) is 81.4 Å². The van der Waals surface area contributed by atoms with Crippen molar-refractivity contribution in [1.29, 1.82) is 0 Å². The molecule has 0 saturated carbocycles. The fraction of sp³-hybridized carbons (Fsp3) is 0.429. The van der Waals surface area contributed by atoms with Crippen LogP contribution in [-0.2, 0) is 9.53 Å². The van der Waals surface area contributed by atoms with Gasteiger partial charge in [0.15, 0.2) is 6.10 Å². The Bertz CT molecular complexity index is 524. The molecule has 0 aliphatic rings. The maximum Gasteiger partial charge on any atom is 0.338 e. The summed E-state index contributed by atoms with van der Waals surface area (Å²) in [6, 6.07) is 4.42. The Labute approximate surface area is 123 Å². The first-order chi connectivity index (χ1) is 9.10. The highest BCUT2D eigenvalue weighted by Gasteiger charge is 2.23. The van der Waals surface area contributed by atoms with Crippen molar-refractivity contribution in [3.8, 4) is 0 Å². The molecule has 0 fully saturated rings. The van der Waals surface area contributed by atoms with Crippen LogP contribution in [0.2, 0.25) is 5.02 Å². The van der Waals surface area contributed by atoms with Gasteiger partial charge in [0.05, 0.1) is 16.3 Å². The summed E-state index contributed by atoms with van der Waals surface area (Å²) in [7, 11) is 0. The van der Waals surface area contributed by atoms with Gasteiger partial charge < -0.3 is 15.8 Å². The number of carbonyl (C=O) groups excluding carboxylic acids is 2. The molecule has 0 heterocycles. The van der Waals surface area contributed by atoms with Crippen molar-refractivity contribution >= 4 is 29.2 Å². The van der Waals surface area contributed by atoms with Crippen molar-refractivity contribution in [1.82, 2.24) is 5.32 Å². The van der Waals surface area contributed by atoms with Gasteiger partial charge in [-0.25, -0.2) is 4.79 Å². The summed E-state index contributed by atoms with van der Waals surface area (Å²) in [5.41, 5.74) is 5.76.